The predicted molar refractivity (Wildman–Crippen MR) is 73.8 cm³/mol. The van der Waals surface area contributed by atoms with Crippen LogP contribution in [-0.4, -0.2) is 66.2 Å². The van der Waals surface area contributed by atoms with E-state index in [1.165, 1.54) is 4.90 Å². The van der Waals surface area contributed by atoms with E-state index in [0.717, 1.165) is 32.1 Å². The zero-order chi connectivity index (χ0) is 14.8. The minimum absolute atomic E-state index is 0.0899. The first-order valence-electron chi connectivity index (χ1n) is 7.24. The van der Waals surface area contributed by atoms with Crippen LogP contribution in [0.1, 0.15) is 32.1 Å². The van der Waals surface area contributed by atoms with Crippen LogP contribution >= 0.6 is 0 Å². The van der Waals surface area contributed by atoms with Gasteiger partial charge < -0.3 is 15.1 Å². The number of carbonyl (C=O) groups is 1. The van der Waals surface area contributed by atoms with Crippen LogP contribution in [0, 0.1) is 5.92 Å². The van der Waals surface area contributed by atoms with Crippen molar-refractivity contribution < 1.29 is 23.4 Å². The summed E-state index contributed by atoms with van der Waals surface area (Å²) in [6.45, 7) is -0.131. The second-order valence-corrected chi connectivity index (χ2v) is 7.96. The molecule has 0 aromatic carbocycles. The number of amides is 1. The van der Waals surface area contributed by atoms with Crippen LogP contribution in [-0.2, 0) is 14.6 Å². The van der Waals surface area contributed by atoms with E-state index < -0.39 is 22.0 Å². The molecule has 1 amide bonds. The molecule has 2 fully saturated rings. The summed E-state index contributed by atoms with van der Waals surface area (Å²) in [6, 6.07) is -0.707. The van der Waals surface area contributed by atoms with Crippen molar-refractivity contribution in [3.05, 3.63) is 0 Å². The smallest absolute Gasteiger partial charge is 0.226 e. The Bertz CT molecular complexity index is 444. The molecule has 2 N–H and O–H groups in total. The molecule has 7 heteroatoms. The summed E-state index contributed by atoms with van der Waals surface area (Å²) in [5.41, 5.74) is 0. The average molecular weight is 305 g/mol. The maximum Gasteiger partial charge on any atom is 0.226 e. The van der Waals surface area contributed by atoms with Crippen LogP contribution in [0.2, 0.25) is 0 Å². The van der Waals surface area contributed by atoms with Gasteiger partial charge in [0.25, 0.3) is 0 Å². The highest BCUT2D eigenvalue weighted by atomic mass is 32.2. The Balaban J connectivity index is 2.11. The molecular formula is C13H23NO5S. The van der Waals surface area contributed by atoms with Gasteiger partial charge in [-0.15, -0.1) is 0 Å². The van der Waals surface area contributed by atoms with Gasteiger partial charge in [-0.25, -0.2) is 8.42 Å². The number of aliphatic hydroxyl groups excluding tert-OH is 2. The molecule has 0 radical (unpaired) electrons. The van der Waals surface area contributed by atoms with Crippen molar-refractivity contribution in [2.45, 2.75) is 44.2 Å². The van der Waals surface area contributed by atoms with Gasteiger partial charge in [-0.1, -0.05) is 19.3 Å². The molecule has 1 aliphatic carbocycles. The summed E-state index contributed by atoms with van der Waals surface area (Å²) in [7, 11) is -3.30. The van der Waals surface area contributed by atoms with Gasteiger partial charge in [0.15, 0.2) is 9.84 Å². The quantitative estimate of drug-likeness (QED) is 0.733. The topological polar surface area (TPSA) is 94.9 Å². The van der Waals surface area contributed by atoms with Gasteiger partial charge in [-0.05, 0) is 12.8 Å². The van der Waals surface area contributed by atoms with Crippen LogP contribution in [0.25, 0.3) is 0 Å². The van der Waals surface area contributed by atoms with Crippen molar-refractivity contribution in [2.75, 3.05) is 24.7 Å². The van der Waals surface area contributed by atoms with Crippen molar-refractivity contribution in [3.63, 3.8) is 0 Å². The Kier molecular flexibility index (Phi) is 5.04. The Morgan fingerprint density at radius 2 is 1.80 bits per heavy atom. The summed E-state index contributed by atoms with van der Waals surface area (Å²) in [4.78, 5) is 13.9. The molecule has 2 rings (SSSR count). The van der Waals surface area contributed by atoms with Crippen molar-refractivity contribution in [3.8, 4) is 0 Å². The Labute approximate surface area is 119 Å². The molecule has 0 aromatic heterocycles. The van der Waals surface area contributed by atoms with Crippen molar-refractivity contribution in [1.29, 1.82) is 0 Å². The second kappa shape index (κ2) is 6.41. The van der Waals surface area contributed by atoms with Crippen molar-refractivity contribution in [1.82, 2.24) is 4.90 Å². The number of nitrogens with zero attached hydrogens (tertiary/aromatic N) is 1. The molecule has 2 aliphatic rings. The van der Waals surface area contributed by atoms with Crippen LogP contribution < -0.4 is 0 Å². The van der Waals surface area contributed by atoms with E-state index >= 15 is 0 Å². The molecule has 0 spiro atoms. The highest BCUT2D eigenvalue weighted by Crippen LogP contribution is 2.28. The zero-order valence-electron chi connectivity index (χ0n) is 11.6. The van der Waals surface area contributed by atoms with Gasteiger partial charge in [0.2, 0.25) is 5.91 Å². The molecule has 2 atom stereocenters. The van der Waals surface area contributed by atoms with Crippen molar-refractivity contribution >= 4 is 15.7 Å². The number of hydrogen-bond acceptors (Lipinski definition) is 5. The van der Waals surface area contributed by atoms with Gasteiger partial charge in [0.1, 0.15) is 0 Å². The molecule has 0 unspecified atom stereocenters. The maximum absolute atomic E-state index is 12.5. The second-order valence-electron chi connectivity index (χ2n) is 5.80. The third-order valence-corrected chi connectivity index (χ3v) is 5.97. The Hall–Kier alpha value is -0.660. The highest BCUT2D eigenvalue weighted by Gasteiger charge is 2.42. The number of hydrogen-bond donors (Lipinski definition) is 2. The average Bonchev–Trinajstić information content (AvgIpc) is 2.69. The highest BCUT2D eigenvalue weighted by molar-refractivity contribution is 7.91. The SMILES string of the molecule is O=C(C1CCCCC1)N(CCO)[C@@H]1CS(=O)(=O)C[C@@H]1O. The first-order valence-corrected chi connectivity index (χ1v) is 9.06. The molecular weight excluding hydrogens is 282 g/mol. The van der Waals surface area contributed by atoms with Crippen LogP contribution in [0.4, 0.5) is 0 Å². The molecule has 0 aromatic rings. The zero-order valence-corrected chi connectivity index (χ0v) is 12.4. The first-order chi connectivity index (χ1) is 9.44. The minimum Gasteiger partial charge on any atom is -0.395 e. The third kappa shape index (κ3) is 3.51. The molecule has 1 heterocycles. The number of sulfone groups is 1. The molecule has 6 nitrogen and oxygen atoms in total. The normalized spacial score (nSPS) is 30.3. The lowest BCUT2D eigenvalue weighted by Gasteiger charge is -2.34. The van der Waals surface area contributed by atoms with Crippen LogP contribution in [0.5, 0.6) is 0 Å². The van der Waals surface area contributed by atoms with E-state index in [-0.39, 0.29) is 36.5 Å². The van der Waals surface area contributed by atoms with E-state index in [1.54, 1.807) is 0 Å². The van der Waals surface area contributed by atoms with Gasteiger partial charge in [0, 0.05) is 12.5 Å². The van der Waals surface area contributed by atoms with E-state index in [4.69, 9.17) is 5.11 Å². The maximum atomic E-state index is 12.5. The van der Waals surface area contributed by atoms with Crippen LogP contribution in [0.15, 0.2) is 0 Å². The fourth-order valence-corrected chi connectivity index (χ4v) is 5.04. The molecule has 0 bridgehead atoms. The van der Waals surface area contributed by atoms with Gasteiger partial charge in [0.05, 0.1) is 30.3 Å². The van der Waals surface area contributed by atoms with Gasteiger partial charge in [-0.2, -0.15) is 0 Å². The summed E-state index contributed by atoms with van der Waals surface area (Å²) in [5, 5.41) is 19.0. The molecule has 1 saturated carbocycles. The molecule has 1 aliphatic heterocycles. The Morgan fingerprint density at radius 3 is 2.30 bits per heavy atom. The lowest BCUT2D eigenvalue weighted by Crippen LogP contribution is -2.50. The number of rotatable bonds is 4. The van der Waals surface area contributed by atoms with E-state index in [0.29, 0.717) is 0 Å². The standard InChI is InChI=1S/C13H23NO5S/c15-7-6-14(11-8-20(18,19)9-12(11)16)13(17)10-4-2-1-3-5-10/h10-12,15-16H,1-9H2/t11-,12+/m1/s1. The summed E-state index contributed by atoms with van der Waals surface area (Å²) in [6.07, 6.45) is 3.74. The first kappa shape index (κ1) is 15.7. The molecule has 116 valence electrons. The van der Waals surface area contributed by atoms with E-state index in [2.05, 4.69) is 0 Å². The molecule has 1 saturated heterocycles. The summed E-state index contributed by atoms with van der Waals surface area (Å²) >= 11 is 0. The lowest BCUT2D eigenvalue weighted by molar-refractivity contribution is -0.141. The fraction of sp³-hybridized carbons (Fsp3) is 0.923. The van der Waals surface area contributed by atoms with Gasteiger partial charge >= 0.3 is 0 Å². The van der Waals surface area contributed by atoms with Crippen molar-refractivity contribution in [2.24, 2.45) is 5.92 Å². The largest absolute Gasteiger partial charge is 0.395 e. The summed E-state index contributed by atoms with van der Waals surface area (Å²) in [5.74, 6) is -0.699. The number of aliphatic hydroxyl groups is 2. The lowest BCUT2D eigenvalue weighted by atomic mass is 9.88. The Morgan fingerprint density at radius 1 is 1.15 bits per heavy atom. The number of carbonyl (C=O) groups excluding carboxylic acids is 1. The van der Waals surface area contributed by atoms with E-state index in [9.17, 15) is 18.3 Å². The predicted octanol–water partition coefficient (Wildman–Crippen LogP) is -0.454. The van der Waals surface area contributed by atoms with Gasteiger partial charge in [-0.3, -0.25) is 4.79 Å². The third-order valence-electron chi connectivity index (χ3n) is 4.27. The summed E-state index contributed by atoms with van der Waals surface area (Å²) < 4.78 is 23.2. The molecule has 20 heavy (non-hydrogen) atoms. The van der Waals surface area contributed by atoms with Crippen LogP contribution in [0.3, 0.4) is 0 Å². The monoisotopic (exact) mass is 305 g/mol. The minimum atomic E-state index is -3.30. The fourth-order valence-electron chi connectivity index (χ4n) is 3.24. The van der Waals surface area contributed by atoms with E-state index in [1.807, 2.05) is 0 Å².